The van der Waals surface area contributed by atoms with Gasteiger partial charge in [-0.1, -0.05) is 15.9 Å². The van der Waals surface area contributed by atoms with E-state index in [1.54, 1.807) is 4.57 Å². The molecule has 0 saturated carbocycles. The highest BCUT2D eigenvalue weighted by atomic mass is 79.9. The fraction of sp³-hybridized carbons (Fsp3) is 0.533. The number of carbonyl (C=O) groups is 2. The fourth-order valence-corrected chi connectivity index (χ4v) is 3.62. The molecule has 2 aromatic rings. The zero-order valence-electron chi connectivity index (χ0n) is 15.1. The van der Waals surface area contributed by atoms with Gasteiger partial charge < -0.3 is 14.2 Å². The predicted molar refractivity (Wildman–Crippen MR) is 99.8 cm³/mol. The second-order valence-electron chi connectivity index (χ2n) is 5.86. The number of nitrogens with zero attached hydrogens (tertiary/aromatic N) is 4. The summed E-state index contributed by atoms with van der Waals surface area (Å²) in [6, 6.07) is 0. The first kappa shape index (κ1) is 20.7. The number of imidazole rings is 1. The number of alkyl halides is 1. The maximum atomic E-state index is 11.6. The number of aromatic nitrogens is 4. The number of hydrogen-bond donors (Lipinski definition) is 1. The van der Waals surface area contributed by atoms with Gasteiger partial charge in [-0.3, -0.25) is 19.0 Å². The van der Waals surface area contributed by atoms with Crippen LogP contribution in [0.5, 0.6) is 0 Å². The first-order valence-corrected chi connectivity index (χ1v) is 9.40. The van der Waals surface area contributed by atoms with Crippen LogP contribution in [0, 0.1) is 0 Å². The van der Waals surface area contributed by atoms with Gasteiger partial charge >= 0.3 is 11.9 Å². The molecule has 152 valence electrons. The Morgan fingerprint density at radius 2 is 2.11 bits per heavy atom. The molecule has 0 aliphatic carbocycles. The second-order valence-corrected chi connectivity index (χ2v) is 7.25. The third-order valence-electron chi connectivity index (χ3n) is 3.88. The van der Waals surface area contributed by atoms with Crippen LogP contribution in [0.3, 0.4) is 0 Å². The molecule has 0 aromatic carbocycles. The average molecular weight is 479 g/mol. The van der Waals surface area contributed by atoms with E-state index in [0.29, 0.717) is 11.2 Å². The van der Waals surface area contributed by atoms with E-state index in [2.05, 4.69) is 36.4 Å². The maximum absolute atomic E-state index is 11.6. The lowest BCUT2D eigenvalue weighted by Crippen LogP contribution is -2.33. The minimum Gasteiger partial charge on any atom is -0.463 e. The van der Waals surface area contributed by atoms with Crippen LogP contribution in [-0.4, -0.2) is 62.2 Å². The van der Waals surface area contributed by atoms with Gasteiger partial charge in [-0.15, -0.1) is 0 Å². The minimum atomic E-state index is -0.791. The monoisotopic (exact) mass is 477 g/mol. The molecule has 0 bridgehead atoms. The van der Waals surface area contributed by atoms with Crippen LogP contribution in [0.25, 0.3) is 11.2 Å². The average Bonchev–Trinajstić information content (AvgIpc) is 3.15. The summed E-state index contributed by atoms with van der Waals surface area (Å²) < 4.78 is 18.0. The van der Waals surface area contributed by atoms with Gasteiger partial charge in [-0.25, -0.2) is 10.5 Å². The molecule has 2 aromatic heterocycles. The normalized spacial score (nSPS) is 24.3. The minimum absolute atomic E-state index is 0.0155. The lowest BCUT2D eigenvalue weighted by atomic mass is 10.2. The van der Waals surface area contributed by atoms with Crippen molar-refractivity contribution in [1.29, 1.82) is 0 Å². The number of halogens is 2. The summed E-state index contributed by atoms with van der Waals surface area (Å²) >= 11 is 9.48. The SMILES string of the molecule is CONc1nc(Cl)nc2c1ncn2[C@@H]1O[C@H](COC(C)=O)[C@@H](Br)[C@H]1OC(C)=O. The Kier molecular flexibility index (Phi) is 6.33. The molecule has 1 aliphatic heterocycles. The van der Waals surface area contributed by atoms with E-state index in [9.17, 15) is 9.59 Å². The summed E-state index contributed by atoms with van der Waals surface area (Å²) in [5, 5.41) is -0.0392. The van der Waals surface area contributed by atoms with Crippen LogP contribution in [0.1, 0.15) is 20.1 Å². The van der Waals surface area contributed by atoms with Gasteiger partial charge in [0.15, 0.2) is 29.3 Å². The molecule has 0 unspecified atom stereocenters. The Balaban J connectivity index is 1.99. The summed E-state index contributed by atoms with van der Waals surface area (Å²) in [5.41, 5.74) is 3.31. The molecule has 1 aliphatic rings. The second kappa shape index (κ2) is 8.55. The molecule has 3 rings (SSSR count). The van der Waals surface area contributed by atoms with Gasteiger partial charge in [0.1, 0.15) is 12.7 Å². The van der Waals surface area contributed by atoms with Crippen LogP contribution in [-0.2, 0) is 28.6 Å². The molecule has 1 fully saturated rings. The highest BCUT2D eigenvalue weighted by Crippen LogP contribution is 2.38. The van der Waals surface area contributed by atoms with Crippen molar-refractivity contribution in [2.24, 2.45) is 0 Å². The molecule has 11 nitrogen and oxygen atoms in total. The molecule has 0 amide bonds. The molecule has 13 heteroatoms. The van der Waals surface area contributed by atoms with Gasteiger partial charge in [0.05, 0.1) is 18.3 Å². The topological polar surface area (TPSA) is 127 Å². The molecule has 1 saturated heterocycles. The van der Waals surface area contributed by atoms with Gasteiger partial charge in [-0.2, -0.15) is 9.97 Å². The lowest BCUT2D eigenvalue weighted by molar-refractivity contribution is -0.152. The number of carbonyl (C=O) groups excluding carboxylic acids is 2. The Morgan fingerprint density at radius 3 is 2.75 bits per heavy atom. The Bertz CT molecular complexity index is 895. The van der Waals surface area contributed by atoms with E-state index in [1.165, 1.54) is 27.3 Å². The zero-order valence-corrected chi connectivity index (χ0v) is 17.4. The third kappa shape index (κ3) is 4.19. The van der Waals surface area contributed by atoms with Crippen molar-refractivity contribution in [3.8, 4) is 0 Å². The smallest absolute Gasteiger partial charge is 0.303 e. The standard InChI is InChI=1S/C15H17BrClN5O6/c1-6(23)26-4-8-9(16)11(27-7(2)24)14(28-8)22-5-18-10-12(21-25-3)19-15(17)20-13(10)22/h5,8-9,11,14H,4H2,1-3H3,(H,19,20,21)/t8-,9-,11-,14-/m1/s1. The summed E-state index contributed by atoms with van der Waals surface area (Å²) in [5.74, 6) is -0.668. The number of nitrogens with one attached hydrogen (secondary N) is 1. The molecule has 0 radical (unpaired) electrons. The van der Waals surface area contributed by atoms with Crippen LogP contribution in [0.15, 0.2) is 6.33 Å². The van der Waals surface area contributed by atoms with Crippen molar-refractivity contribution in [3.63, 3.8) is 0 Å². The number of anilines is 1. The fourth-order valence-electron chi connectivity index (χ4n) is 2.81. The summed E-state index contributed by atoms with van der Waals surface area (Å²) in [7, 11) is 1.42. The number of esters is 2. The van der Waals surface area contributed by atoms with E-state index in [1.807, 2.05) is 0 Å². The van der Waals surface area contributed by atoms with Crippen molar-refractivity contribution in [2.45, 2.75) is 37.1 Å². The van der Waals surface area contributed by atoms with E-state index in [4.69, 9.17) is 30.6 Å². The quantitative estimate of drug-likeness (QED) is 0.283. The van der Waals surface area contributed by atoms with E-state index >= 15 is 0 Å². The highest BCUT2D eigenvalue weighted by Gasteiger charge is 2.47. The molecular weight excluding hydrogens is 462 g/mol. The van der Waals surface area contributed by atoms with Crippen molar-refractivity contribution < 1.29 is 28.6 Å². The van der Waals surface area contributed by atoms with Crippen molar-refractivity contribution in [2.75, 3.05) is 19.2 Å². The Hall–Kier alpha value is -2.02. The Morgan fingerprint density at radius 1 is 1.36 bits per heavy atom. The lowest BCUT2D eigenvalue weighted by Gasteiger charge is -2.21. The number of rotatable bonds is 6. The van der Waals surface area contributed by atoms with Gasteiger partial charge in [-0.05, 0) is 11.6 Å². The van der Waals surface area contributed by atoms with Crippen molar-refractivity contribution >= 4 is 56.5 Å². The summed E-state index contributed by atoms with van der Waals surface area (Å²) in [6.07, 6.45) is -0.626. The first-order chi connectivity index (χ1) is 13.3. The maximum Gasteiger partial charge on any atom is 0.303 e. The molecule has 1 N–H and O–H groups in total. The van der Waals surface area contributed by atoms with E-state index in [0.717, 1.165) is 0 Å². The molecule has 3 heterocycles. The van der Waals surface area contributed by atoms with Crippen LogP contribution in [0.4, 0.5) is 5.82 Å². The zero-order chi connectivity index (χ0) is 20.4. The van der Waals surface area contributed by atoms with Crippen molar-refractivity contribution in [3.05, 3.63) is 11.6 Å². The van der Waals surface area contributed by atoms with Crippen LogP contribution >= 0.6 is 27.5 Å². The summed E-state index contributed by atoms with van der Waals surface area (Å²) in [6.45, 7) is 2.58. The van der Waals surface area contributed by atoms with Gasteiger partial charge in [0.25, 0.3) is 0 Å². The first-order valence-electron chi connectivity index (χ1n) is 8.11. The molecule has 28 heavy (non-hydrogen) atoms. The number of fused-ring (bicyclic) bond motifs is 1. The third-order valence-corrected chi connectivity index (χ3v) is 5.16. The van der Waals surface area contributed by atoms with Crippen LogP contribution in [0.2, 0.25) is 5.28 Å². The summed E-state index contributed by atoms with van der Waals surface area (Å²) in [4.78, 5) is 39.7. The molecular formula is C15H17BrClN5O6. The Labute approximate surface area is 172 Å². The van der Waals surface area contributed by atoms with E-state index < -0.39 is 35.2 Å². The largest absolute Gasteiger partial charge is 0.463 e. The van der Waals surface area contributed by atoms with Gasteiger partial charge in [0, 0.05) is 13.8 Å². The predicted octanol–water partition coefficient (Wildman–Crippen LogP) is 1.61. The van der Waals surface area contributed by atoms with E-state index in [-0.39, 0.29) is 17.7 Å². The number of ether oxygens (including phenoxy) is 3. The molecule has 0 spiro atoms. The highest BCUT2D eigenvalue weighted by molar-refractivity contribution is 9.09. The molecule has 4 atom stereocenters. The van der Waals surface area contributed by atoms with Gasteiger partial charge in [0.2, 0.25) is 5.28 Å². The van der Waals surface area contributed by atoms with Crippen LogP contribution < -0.4 is 5.48 Å². The van der Waals surface area contributed by atoms with Crippen molar-refractivity contribution in [1.82, 2.24) is 19.5 Å². The number of hydrogen-bond acceptors (Lipinski definition) is 10.